The van der Waals surface area contributed by atoms with Gasteiger partial charge in [-0.15, -0.1) is 0 Å². The number of allylic oxidation sites excluding steroid dienone is 1. The molecule has 0 aliphatic carbocycles. The van der Waals surface area contributed by atoms with E-state index in [2.05, 4.69) is 90.4 Å². The Bertz CT molecular complexity index is 3130. The van der Waals surface area contributed by atoms with E-state index in [1.54, 1.807) is 0 Å². The van der Waals surface area contributed by atoms with Gasteiger partial charge in [0.05, 0.1) is 44.5 Å². The van der Waals surface area contributed by atoms with Gasteiger partial charge in [-0.2, -0.15) is 132 Å². The molecule has 1 nitrogen and oxygen atoms in total. The van der Waals surface area contributed by atoms with Crippen LogP contribution in [0.4, 0.5) is 105 Å². The van der Waals surface area contributed by atoms with Crippen LogP contribution in [0, 0.1) is 0 Å². The van der Waals surface area contributed by atoms with Crippen LogP contribution in [0.5, 0.6) is 0 Å². The highest BCUT2D eigenvalue weighted by molar-refractivity contribution is 7.20. The summed E-state index contributed by atoms with van der Waals surface area (Å²) < 4.78 is 343. The van der Waals surface area contributed by atoms with Gasteiger partial charge in [0.1, 0.15) is 6.15 Å². The first-order chi connectivity index (χ1) is 42.6. The molecule has 0 N–H and O–H groups in total. The molecular formula is C66H60BF24N. The molecule has 92 heavy (non-hydrogen) atoms. The summed E-state index contributed by atoms with van der Waals surface area (Å²) in [6.45, 7) is 3.20. The van der Waals surface area contributed by atoms with Crippen molar-refractivity contribution in [3.8, 4) is 0 Å². The first kappa shape index (κ1) is 73.9. The van der Waals surface area contributed by atoms with Gasteiger partial charge in [-0.1, -0.05) is 187 Å². The predicted octanol–water partition coefficient (Wildman–Crippen LogP) is 21.3. The highest BCUT2D eigenvalue weighted by atomic mass is 19.4. The zero-order valence-corrected chi connectivity index (χ0v) is 48.8. The van der Waals surface area contributed by atoms with Gasteiger partial charge in [-0.25, -0.2) is 0 Å². The molecule has 0 atom stereocenters. The summed E-state index contributed by atoms with van der Waals surface area (Å²) in [6, 6.07) is 15.2. The third-order valence-electron chi connectivity index (χ3n) is 15.6. The Morgan fingerprint density at radius 1 is 0.315 bits per heavy atom. The highest BCUT2D eigenvalue weighted by Crippen LogP contribution is 2.42. The summed E-state index contributed by atoms with van der Waals surface area (Å²) in [7, 11) is 0. The molecule has 0 amide bonds. The van der Waals surface area contributed by atoms with E-state index < -0.39 is 195 Å². The van der Waals surface area contributed by atoms with Gasteiger partial charge in [0.25, 0.3) is 0 Å². The summed E-state index contributed by atoms with van der Waals surface area (Å²) in [6.07, 6.45) is -29.1. The van der Waals surface area contributed by atoms with Crippen LogP contribution in [0.3, 0.4) is 0 Å². The van der Waals surface area contributed by atoms with Crippen molar-refractivity contribution in [2.24, 2.45) is 0 Å². The van der Waals surface area contributed by atoms with Crippen molar-refractivity contribution >= 4 is 45.0 Å². The minimum absolute atomic E-state index is 0.691. The second kappa shape index (κ2) is 29.9. The first-order valence-corrected chi connectivity index (χ1v) is 29.1. The van der Waals surface area contributed by atoms with Crippen LogP contribution in [-0.4, -0.2) is 6.15 Å². The maximum absolute atomic E-state index is 14.2. The standard InChI is InChI=1S/C34H48N.C32H12BF24/c1-2-3-4-5-6-7-8-9-10-11-12-13-14-15-16-20-26-33-29-28-32-25-21-22-27-34(32)35(33)30-31-23-18-17-19-24-31;34-25(35,36)13-1-14(26(37,38)39)6-21(5-13)33(22-7-15(27(40,41)42)2-16(8-22)28(43,44)45,23-9-17(29(46,47)48)3-18(10-23)30(49,50)51)24-11-19(31(52,53)54)4-20(12-24)32(55,56)57/h17-29H,2-16,30H2,1H3;1-12H/q+1;-1. The van der Waals surface area contributed by atoms with E-state index in [9.17, 15) is 105 Å². The molecule has 26 heteroatoms. The van der Waals surface area contributed by atoms with Crippen LogP contribution < -0.4 is 26.4 Å². The van der Waals surface area contributed by atoms with E-state index in [-0.39, 0.29) is 0 Å². The van der Waals surface area contributed by atoms with Crippen molar-refractivity contribution < 1.29 is 110 Å². The average Bonchev–Trinajstić information content (AvgIpc) is 0.709. The van der Waals surface area contributed by atoms with Gasteiger partial charge in [0.2, 0.25) is 11.2 Å². The normalized spacial score (nSPS) is 13.3. The topological polar surface area (TPSA) is 3.88 Å². The first-order valence-electron chi connectivity index (χ1n) is 29.1. The van der Waals surface area contributed by atoms with Gasteiger partial charge >= 0.3 is 49.4 Å². The van der Waals surface area contributed by atoms with Gasteiger partial charge in [0, 0.05) is 29.2 Å². The smallest absolute Gasteiger partial charge is 0.194 e. The van der Waals surface area contributed by atoms with E-state index in [1.807, 2.05) is 0 Å². The van der Waals surface area contributed by atoms with Crippen molar-refractivity contribution in [1.29, 1.82) is 0 Å². The number of nitrogens with zero attached hydrogens (tertiary/aromatic N) is 1. The van der Waals surface area contributed by atoms with E-state index in [4.69, 9.17) is 0 Å². The summed E-state index contributed by atoms with van der Waals surface area (Å²) in [5.74, 6) is 0. The number of hydrogen-bond donors (Lipinski definition) is 0. The van der Waals surface area contributed by atoms with Crippen LogP contribution >= 0.6 is 0 Å². The lowest BCUT2D eigenvalue weighted by atomic mass is 9.12. The summed E-state index contributed by atoms with van der Waals surface area (Å²) in [4.78, 5) is 0. The third-order valence-corrected chi connectivity index (χ3v) is 15.6. The largest absolute Gasteiger partial charge is 0.416 e. The van der Waals surface area contributed by atoms with E-state index in [0.29, 0.717) is 0 Å². The summed E-state index contributed by atoms with van der Waals surface area (Å²) in [5.41, 5.74) is -26.3. The van der Waals surface area contributed by atoms with Gasteiger partial charge < -0.3 is 0 Å². The fourth-order valence-corrected chi connectivity index (χ4v) is 11.1. The Kier molecular flexibility index (Phi) is 24.0. The lowest BCUT2D eigenvalue weighted by molar-refractivity contribution is -0.664. The van der Waals surface area contributed by atoms with Gasteiger partial charge in [0.15, 0.2) is 6.54 Å². The minimum atomic E-state index is -6.13. The Labute approximate surface area is 514 Å². The molecule has 1 heterocycles. The van der Waals surface area contributed by atoms with Crippen molar-refractivity contribution in [2.45, 2.75) is 159 Å². The number of hydrogen-bond acceptors (Lipinski definition) is 0. The van der Waals surface area contributed by atoms with Crippen LogP contribution in [0.1, 0.15) is 159 Å². The number of rotatable bonds is 22. The number of pyridine rings is 1. The third kappa shape index (κ3) is 19.9. The van der Waals surface area contributed by atoms with Crippen LogP contribution in [0.15, 0.2) is 146 Å². The molecule has 7 aromatic rings. The van der Waals surface area contributed by atoms with Crippen LogP contribution in [0.2, 0.25) is 0 Å². The number of halogens is 24. The lowest BCUT2D eigenvalue weighted by Crippen LogP contribution is -2.75. The molecule has 0 radical (unpaired) electrons. The second-order valence-corrected chi connectivity index (χ2v) is 22.4. The van der Waals surface area contributed by atoms with Gasteiger partial charge in [-0.05, 0) is 49.2 Å². The molecule has 1 aromatic heterocycles. The van der Waals surface area contributed by atoms with Crippen molar-refractivity contribution in [3.05, 3.63) is 201 Å². The monoisotopic (exact) mass is 1330 g/mol. The maximum Gasteiger partial charge on any atom is 0.416 e. The van der Waals surface area contributed by atoms with E-state index in [1.165, 1.54) is 118 Å². The number of unbranched alkanes of at least 4 members (excludes halogenated alkanes) is 14. The number of benzene rings is 6. The number of alkyl halides is 24. The van der Waals surface area contributed by atoms with E-state index in [0.717, 1.165) is 6.54 Å². The van der Waals surface area contributed by atoms with Crippen molar-refractivity contribution in [1.82, 2.24) is 0 Å². The lowest BCUT2D eigenvalue weighted by Gasteiger charge is -2.46. The van der Waals surface area contributed by atoms with Crippen molar-refractivity contribution in [3.63, 3.8) is 0 Å². The molecule has 0 saturated carbocycles. The molecule has 0 spiro atoms. The SMILES string of the molecule is CCCCCCCCCCCCCCCCC=Cc1ccc2ccccc2[n+]1Cc1ccccc1.FC(F)(F)c1cc([B-](c2cc(C(F)(F)F)cc(C(F)(F)F)c2)(c2cc(C(F)(F)F)cc(C(F)(F)F)c2)c2cc(C(F)(F)F)cc(C(F)(F)F)c2)cc(C(F)(F)F)c1. The predicted molar refractivity (Wildman–Crippen MR) is 304 cm³/mol. The van der Waals surface area contributed by atoms with Crippen LogP contribution in [-0.2, 0) is 56.0 Å². The summed E-state index contributed by atoms with van der Waals surface area (Å²) in [5, 5.41) is 1.30. The number of aromatic nitrogens is 1. The van der Waals surface area contributed by atoms with Gasteiger partial charge in [-0.3, -0.25) is 0 Å². The Morgan fingerprint density at radius 2 is 0.598 bits per heavy atom. The Balaban J connectivity index is 0.000000328. The molecule has 500 valence electrons. The second-order valence-electron chi connectivity index (χ2n) is 22.4. The van der Waals surface area contributed by atoms with Crippen LogP contribution in [0.25, 0.3) is 17.0 Å². The molecule has 6 aromatic carbocycles. The zero-order valence-electron chi connectivity index (χ0n) is 48.8. The molecular weight excluding hydrogens is 1270 g/mol. The van der Waals surface area contributed by atoms with E-state index >= 15 is 0 Å². The Morgan fingerprint density at radius 3 is 0.902 bits per heavy atom. The molecule has 7 rings (SSSR count). The molecule has 0 saturated heterocycles. The Hall–Kier alpha value is -7.15. The quantitative estimate of drug-likeness (QED) is 0.0276. The highest BCUT2D eigenvalue weighted by Gasteiger charge is 2.47. The fraction of sp³-hybridized carbons (Fsp3) is 0.379. The molecule has 0 bridgehead atoms. The molecule has 0 unspecified atom stereocenters. The minimum Gasteiger partial charge on any atom is -0.194 e. The summed E-state index contributed by atoms with van der Waals surface area (Å²) >= 11 is 0. The average molecular weight is 1330 g/mol. The zero-order chi connectivity index (χ0) is 68.3. The van der Waals surface area contributed by atoms with Crippen molar-refractivity contribution in [2.75, 3.05) is 0 Å². The molecule has 0 aliphatic heterocycles. The fourth-order valence-electron chi connectivity index (χ4n) is 11.1. The molecule has 0 aliphatic rings. The maximum atomic E-state index is 14.2. The number of fused-ring (bicyclic) bond motifs is 1. The number of para-hydroxylation sites is 1. The molecule has 0 fully saturated rings.